The molecule has 25 heavy (non-hydrogen) atoms. The summed E-state index contributed by atoms with van der Waals surface area (Å²) in [7, 11) is 0. The highest BCUT2D eigenvalue weighted by Crippen LogP contribution is 2.70. The summed E-state index contributed by atoms with van der Waals surface area (Å²) in [4.78, 5) is 23.4. The van der Waals surface area contributed by atoms with Crippen LogP contribution >= 0.6 is 0 Å². The third-order valence-electron chi connectivity index (χ3n) is 9.28. The Kier molecular flexibility index (Phi) is 3.76. The highest BCUT2D eigenvalue weighted by molar-refractivity contribution is 5.91. The fourth-order valence-corrected chi connectivity index (χ4v) is 7.55. The summed E-state index contributed by atoms with van der Waals surface area (Å²) < 4.78 is 0. The first kappa shape index (κ1) is 17.3. The van der Waals surface area contributed by atoms with Gasteiger partial charge in [-0.15, -0.1) is 0 Å². The Balaban J connectivity index is 1.66. The molecule has 4 rings (SSSR count). The lowest BCUT2D eigenvalue weighted by atomic mass is 9.45. The number of aliphatic carboxylic acids is 1. The first-order valence-electron chi connectivity index (χ1n) is 10.2. The zero-order valence-corrected chi connectivity index (χ0v) is 15.9. The minimum Gasteiger partial charge on any atom is -0.481 e. The molecule has 4 aliphatic carbocycles. The molecule has 3 unspecified atom stereocenters. The van der Waals surface area contributed by atoms with E-state index in [1.807, 2.05) is 6.08 Å². The van der Waals surface area contributed by atoms with Crippen LogP contribution in [0.2, 0.25) is 0 Å². The highest BCUT2D eigenvalue weighted by atomic mass is 16.4. The number of ketones is 1. The van der Waals surface area contributed by atoms with Crippen molar-refractivity contribution in [2.75, 3.05) is 0 Å². The van der Waals surface area contributed by atoms with E-state index in [1.165, 1.54) is 24.8 Å². The van der Waals surface area contributed by atoms with Gasteiger partial charge in [0.2, 0.25) is 0 Å². The predicted octanol–water partition coefficient (Wildman–Crippen LogP) is 5.00. The van der Waals surface area contributed by atoms with E-state index in [1.54, 1.807) is 0 Å². The minimum atomic E-state index is -0.641. The Morgan fingerprint density at radius 3 is 2.52 bits per heavy atom. The smallest absolute Gasteiger partial charge is 0.303 e. The predicted molar refractivity (Wildman–Crippen MR) is 97.1 cm³/mol. The van der Waals surface area contributed by atoms with E-state index in [0.717, 1.165) is 25.7 Å². The van der Waals surface area contributed by atoms with Gasteiger partial charge in [0.1, 0.15) is 0 Å². The summed E-state index contributed by atoms with van der Waals surface area (Å²) in [6, 6.07) is 0. The van der Waals surface area contributed by atoms with Crippen molar-refractivity contribution >= 4 is 11.8 Å². The zero-order chi connectivity index (χ0) is 18.0. The number of carboxylic acids is 1. The van der Waals surface area contributed by atoms with Gasteiger partial charge in [-0.2, -0.15) is 0 Å². The molecule has 0 saturated heterocycles. The van der Waals surface area contributed by atoms with Crippen molar-refractivity contribution in [2.45, 2.75) is 78.6 Å². The van der Waals surface area contributed by atoms with E-state index in [9.17, 15) is 14.7 Å². The van der Waals surface area contributed by atoms with E-state index >= 15 is 0 Å². The molecule has 138 valence electrons. The Morgan fingerprint density at radius 1 is 1.08 bits per heavy atom. The number of hydrogen-bond donors (Lipinski definition) is 1. The first-order valence-corrected chi connectivity index (χ1v) is 10.2. The van der Waals surface area contributed by atoms with Crippen molar-refractivity contribution in [3.05, 3.63) is 11.6 Å². The van der Waals surface area contributed by atoms with Crippen LogP contribution in [0.5, 0.6) is 0 Å². The molecule has 3 nitrogen and oxygen atoms in total. The molecule has 0 aromatic rings. The van der Waals surface area contributed by atoms with Crippen molar-refractivity contribution in [2.24, 2.45) is 34.0 Å². The summed E-state index contributed by atoms with van der Waals surface area (Å²) in [6.07, 6.45) is 10.9. The largest absolute Gasteiger partial charge is 0.481 e. The quantitative estimate of drug-likeness (QED) is 0.767. The zero-order valence-electron chi connectivity index (χ0n) is 15.9. The van der Waals surface area contributed by atoms with E-state index in [-0.39, 0.29) is 16.2 Å². The molecule has 0 spiro atoms. The van der Waals surface area contributed by atoms with E-state index in [2.05, 4.69) is 20.8 Å². The summed E-state index contributed by atoms with van der Waals surface area (Å²) in [5.74, 6) is 1.74. The minimum absolute atomic E-state index is 0.0615. The van der Waals surface area contributed by atoms with Gasteiger partial charge in [-0.25, -0.2) is 0 Å². The van der Waals surface area contributed by atoms with Crippen molar-refractivity contribution in [1.29, 1.82) is 0 Å². The second-order valence-electron chi connectivity index (χ2n) is 10.1. The number of carbonyl (C=O) groups is 2. The normalized spacial score (nSPS) is 49.0. The third-order valence-corrected chi connectivity index (χ3v) is 9.28. The summed E-state index contributed by atoms with van der Waals surface area (Å²) in [5.41, 5.74) is 1.73. The number of carboxylic acid groups (broad SMARTS) is 1. The fourth-order valence-electron chi connectivity index (χ4n) is 7.55. The van der Waals surface area contributed by atoms with Gasteiger partial charge < -0.3 is 5.11 Å². The molecule has 0 heterocycles. The van der Waals surface area contributed by atoms with Gasteiger partial charge in [0, 0.05) is 6.42 Å². The molecule has 0 aromatic heterocycles. The van der Waals surface area contributed by atoms with E-state index < -0.39 is 5.97 Å². The van der Waals surface area contributed by atoms with Gasteiger partial charge in [0.15, 0.2) is 5.78 Å². The van der Waals surface area contributed by atoms with Crippen LogP contribution < -0.4 is 0 Å². The van der Waals surface area contributed by atoms with Crippen molar-refractivity contribution in [3.8, 4) is 0 Å². The number of rotatable bonds is 2. The Bertz CT molecular complexity index is 650. The lowest BCUT2D eigenvalue weighted by Gasteiger charge is -2.59. The highest BCUT2D eigenvalue weighted by Gasteiger charge is 2.62. The number of carbonyl (C=O) groups excluding carboxylic acids is 1. The number of hydrogen-bond acceptors (Lipinski definition) is 2. The molecule has 3 saturated carbocycles. The van der Waals surface area contributed by atoms with Crippen LogP contribution in [0.15, 0.2) is 11.6 Å². The molecule has 0 amide bonds. The molecule has 4 aliphatic rings. The molecule has 0 aromatic carbocycles. The number of allylic oxidation sites excluding steroid dienone is 1. The molecule has 6 atom stereocenters. The molecule has 1 N–H and O–H groups in total. The van der Waals surface area contributed by atoms with Crippen LogP contribution in [0, 0.1) is 34.0 Å². The van der Waals surface area contributed by atoms with E-state index in [4.69, 9.17) is 0 Å². The Morgan fingerprint density at radius 2 is 1.80 bits per heavy atom. The summed E-state index contributed by atoms with van der Waals surface area (Å²) in [6.45, 7) is 7.04. The standard InChI is InChI=1S/C22H32O3/c1-20(13-19(24)25)9-7-18-16-5-4-14-12-15(23)6-10-21(14,2)17(16)8-11-22(18,20)3/h12,16-18H,4-11,13H2,1-3H3,(H,24,25)/t16?,17?,18?,20-,21+,22+/m1/s1. The van der Waals surface area contributed by atoms with Crippen LogP contribution in [0.4, 0.5) is 0 Å². The fraction of sp³-hybridized carbons (Fsp3) is 0.818. The summed E-state index contributed by atoms with van der Waals surface area (Å²) in [5, 5.41) is 9.46. The van der Waals surface area contributed by atoms with E-state index in [0.29, 0.717) is 36.4 Å². The number of fused-ring (bicyclic) bond motifs is 5. The second kappa shape index (κ2) is 5.44. The van der Waals surface area contributed by atoms with Crippen molar-refractivity contribution < 1.29 is 14.7 Å². The molecule has 0 radical (unpaired) electrons. The Hall–Kier alpha value is -1.12. The monoisotopic (exact) mass is 344 g/mol. The maximum absolute atomic E-state index is 11.9. The second-order valence-corrected chi connectivity index (χ2v) is 10.1. The maximum Gasteiger partial charge on any atom is 0.303 e. The average molecular weight is 344 g/mol. The third kappa shape index (κ3) is 2.30. The lowest BCUT2D eigenvalue weighted by molar-refractivity contribution is -0.144. The molecule has 3 heteroatoms. The van der Waals surface area contributed by atoms with Gasteiger partial charge in [-0.3, -0.25) is 9.59 Å². The topological polar surface area (TPSA) is 54.4 Å². The van der Waals surface area contributed by atoms with Gasteiger partial charge >= 0.3 is 5.97 Å². The van der Waals surface area contributed by atoms with Crippen LogP contribution in [-0.4, -0.2) is 16.9 Å². The molecule has 3 fully saturated rings. The van der Waals surface area contributed by atoms with Gasteiger partial charge in [-0.1, -0.05) is 26.3 Å². The van der Waals surface area contributed by atoms with Crippen LogP contribution in [0.3, 0.4) is 0 Å². The van der Waals surface area contributed by atoms with Crippen LogP contribution in [0.1, 0.15) is 78.6 Å². The van der Waals surface area contributed by atoms with Crippen LogP contribution in [-0.2, 0) is 9.59 Å². The molecule has 0 bridgehead atoms. The van der Waals surface area contributed by atoms with Gasteiger partial charge in [-0.05, 0) is 85.0 Å². The van der Waals surface area contributed by atoms with Gasteiger partial charge in [0.05, 0.1) is 6.42 Å². The Labute approximate surface area is 151 Å². The van der Waals surface area contributed by atoms with Crippen molar-refractivity contribution in [1.82, 2.24) is 0 Å². The van der Waals surface area contributed by atoms with Crippen molar-refractivity contribution in [3.63, 3.8) is 0 Å². The maximum atomic E-state index is 11.9. The van der Waals surface area contributed by atoms with Crippen LogP contribution in [0.25, 0.3) is 0 Å². The first-order chi connectivity index (χ1) is 11.7. The average Bonchev–Trinajstić information content (AvgIpc) is 2.79. The molecular formula is C22H32O3. The lowest BCUT2D eigenvalue weighted by Crippen LogP contribution is -2.52. The molecular weight excluding hydrogens is 312 g/mol. The SMILES string of the molecule is C[C@]1(CC(=O)O)CCC2C3CCC4=CC(=O)CC[C@]4(C)C3CC[C@@]21C. The summed E-state index contributed by atoms with van der Waals surface area (Å²) >= 11 is 0. The molecule has 0 aliphatic heterocycles. The van der Waals surface area contributed by atoms with Gasteiger partial charge in [0.25, 0.3) is 0 Å².